The van der Waals surface area contributed by atoms with E-state index in [0.717, 1.165) is 16.9 Å². The molecule has 10 aromatic carbocycles. The van der Waals surface area contributed by atoms with Gasteiger partial charge in [0.25, 0.3) is 0 Å². The Hall–Kier alpha value is -7.76. The van der Waals surface area contributed by atoms with E-state index in [1.807, 2.05) is 13.8 Å². The highest BCUT2D eigenvalue weighted by atomic mass is 15.2. The Morgan fingerprint density at radius 2 is 0.953 bits per heavy atom. The monoisotopic (exact) mass is 824 g/mol. The van der Waals surface area contributed by atoms with Crippen LogP contribution in [-0.4, -0.2) is 9.13 Å². The molecule has 0 spiro atoms. The van der Waals surface area contributed by atoms with Gasteiger partial charge in [-0.2, -0.15) is 0 Å². The number of hydrazine groups is 1. The molecule has 0 unspecified atom stereocenters. The number of hydrogen-bond acceptors (Lipinski definition) is 2. The Balaban J connectivity index is 0.000000258. The van der Waals surface area contributed by atoms with Gasteiger partial charge < -0.3 is 9.13 Å². The molecule has 12 aromatic rings. The number of hydrogen-bond donors (Lipinski definition) is 2. The van der Waals surface area contributed by atoms with Gasteiger partial charge in [-0.3, -0.25) is 11.3 Å². The van der Waals surface area contributed by atoms with Crippen molar-refractivity contribution in [3.63, 3.8) is 0 Å². The van der Waals surface area contributed by atoms with Crippen LogP contribution < -0.4 is 11.3 Å². The SMILES string of the molecule is CC.NNCc1ccc(-n2c3cc4c(cc3c3c5ccccc5c(-c5ccccc5)cc32)c2c3ccccc3ccc2n4-c2ccccc2)cc1.c1ccc(C2c3ccccc32)cc1. The number of aromatic nitrogens is 2. The fourth-order valence-corrected chi connectivity index (χ4v) is 9.99. The molecule has 0 saturated carbocycles. The minimum atomic E-state index is 0.594. The molecule has 13 rings (SSSR count). The van der Waals surface area contributed by atoms with Gasteiger partial charge in [0, 0.05) is 45.4 Å². The van der Waals surface area contributed by atoms with E-state index in [1.54, 1.807) is 0 Å². The van der Waals surface area contributed by atoms with Crippen LogP contribution in [0.2, 0.25) is 0 Å². The van der Waals surface area contributed by atoms with Gasteiger partial charge >= 0.3 is 0 Å². The van der Waals surface area contributed by atoms with Gasteiger partial charge in [0.05, 0.1) is 22.1 Å². The van der Waals surface area contributed by atoms with Gasteiger partial charge in [0.1, 0.15) is 0 Å². The average molecular weight is 825 g/mol. The van der Waals surface area contributed by atoms with E-state index in [0.29, 0.717) is 12.5 Å². The smallest absolute Gasteiger partial charge is 0.0562 e. The van der Waals surface area contributed by atoms with Gasteiger partial charge in [-0.15, -0.1) is 0 Å². The molecule has 0 radical (unpaired) electrons. The molecule has 1 aliphatic carbocycles. The highest BCUT2D eigenvalue weighted by Crippen LogP contribution is 2.48. The fraction of sp³-hybridized carbons (Fsp3) is 0.0667. The van der Waals surface area contributed by atoms with Crippen molar-refractivity contribution in [1.82, 2.24) is 14.6 Å². The van der Waals surface area contributed by atoms with E-state index in [4.69, 9.17) is 5.84 Å². The van der Waals surface area contributed by atoms with Crippen molar-refractivity contribution in [1.29, 1.82) is 0 Å². The molecule has 4 heteroatoms. The number of rotatable bonds is 6. The Labute approximate surface area is 373 Å². The van der Waals surface area contributed by atoms with Gasteiger partial charge in [-0.1, -0.05) is 184 Å². The maximum atomic E-state index is 5.69. The van der Waals surface area contributed by atoms with Crippen molar-refractivity contribution in [3.05, 3.63) is 241 Å². The van der Waals surface area contributed by atoms with Crippen LogP contribution in [0, 0.1) is 0 Å². The second-order valence-electron chi connectivity index (χ2n) is 16.3. The third-order valence-electron chi connectivity index (χ3n) is 12.8. The van der Waals surface area contributed by atoms with E-state index in [9.17, 15) is 0 Å². The molecule has 0 bridgehead atoms. The average Bonchev–Trinajstić information content (AvgIpc) is 3.89. The lowest BCUT2D eigenvalue weighted by molar-refractivity contribution is 0.741. The summed E-state index contributed by atoms with van der Waals surface area (Å²) in [6.45, 7) is 4.61. The van der Waals surface area contributed by atoms with Crippen LogP contribution in [0.4, 0.5) is 0 Å². The summed E-state index contributed by atoms with van der Waals surface area (Å²) in [6.07, 6.45) is 0. The second kappa shape index (κ2) is 16.5. The highest BCUT2D eigenvalue weighted by molar-refractivity contribution is 6.29. The molecule has 4 nitrogen and oxygen atoms in total. The van der Waals surface area contributed by atoms with Crippen LogP contribution in [0.15, 0.2) is 218 Å². The molecule has 0 amide bonds. The summed E-state index contributed by atoms with van der Waals surface area (Å²) in [7, 11) is 0. The van der Waals surface area contributed by atoms with Crippen LogP contribution in [0.1, 0.15) is 42.0 Å². The molecule has 0 saturated heterocycles. The number of para-hydroxylation sites is 1. The van der Waals surface area contributed by atoms with Crippen molar-refractivity contribution in [2.75, 3.05) is 0 Å². The molecular formula is C60H48N4. The summed E-state index contributed by atoms with van der Waals surface area (Å²) in [4.78, 5) is 0. The topological polar surface area (TPSA) is 47.9 Å². The van der Waals surface area contributed by atoms with Crippen molar-refractivity contribution in [2.45, 2.75) is 26.3 Å². The summed E-state index contributed by atoms with van der Waals surface area (Å²) >= 11 is 0. The van der Waals surface area contributed by atoms with Gasteiger partial charge in [0.2, 0.25) is 0 Å². The zero-order valence-corrected chi connectivity index (χ0v) is 36.0. The molecule has 0 atom stereocenters. The van der Waals surface area contributed by atoms with E-state index >= 15 is 0 Å². The maximum Gasteiger partial charge on any atom is 0.0562 e. The van der Waals surface area contributed by atoms with Crippen LogP contribution in [0.25, 0.3) is 87.7 Å². The first-order valence-corrected chi connectivity index (χ1v) is 22.4. The molecule has 308 valence electrons. The molecular weight excluding hydrogens is 777 g/mol. The van der Waals surface area contributed by atoms with E-state index < -0.39 is 0 Å². The first-order valence-electron chi connectivity index (χ1n) is 22.4. The van der Waals surface area contributed by atoms with Crippen LogP contribution in [-0.2, 0) is 6.54 Å². The number of nitrogens with one attached hydrogen (secondary N) is 1. The Morgan fingerprint density at radius 1 is 0.422 bits per heavy atom. The Bertz CT molecular complexity index is 3600. The lowest BCUT2D eigenvalue weighted by Gasteiger charge is -2.13. The molecule has 2 heterocycles. The fourth-order valence-electron chi connectivity index (χ4n) is 9.99. The summed E-state index contributed by atoms with van der Waals surface area (Å²) in [6, 6.07) is 79.0. The van der Waals surface area contributed by atoms with Gasteiger partial charge in [-0.25, -0.2) is 0 Å². The molecule has 0 fully saturated rings. The predicted molar refractivity (Wildman–Crippen MR) is 272 cm³/mol. The Kier molecular flexibility index (Phi) is 10.1. The standard InChI is InChI=1S/C45H32N4.C13H10.C2H6/c46-47-28-29-19-22-33(23-20-29)49-42-27-41-38(44-34-16-8-7-13-31(34)21-24-40(44)48(41)32-14-5-2-6-15-32)25-39(42)45-36-18-10-9-17-35(36)37(26-43(45)49)30-11-3-1-4-12-30;1-2-6-10(7-3-1)13-11-8-4-5-9-12(11)13;1-2/h1-27,47H,28,46H2;1-9,13H;1-2H3. The molecule has 0 aliphatic heterocycles. The minimum Gasteiger partial charge on any atom is -0.309 e. The number of nitrogens with zero attached hydrogens (tertiary/aromatic N) is 2. The van der Waals surface area contributed by atoms with E-state index in [-0.39, 0.29) is 0 Å². The highest BCUT2D eigenvalue weighted by Gasteiger charge is 2.32. The molecule has 2 aromatic heterocycles. The second-order valence-corrected chi connectivity index (χ2v) is 16.3. The van der Waals surface area contributed by atoms with Crippen LogP contribution in [0.3, 0.4) is 0 Å². The summed E-state index contributed by atoms with van der Waals surface area (Å²) < 4.78 is 4.88. The lowest BCUT2D eigenvalue weighted by Crippen LogP contribution is -2.20. The number of fused-ring (bicyclic) bond motifs is 11. The lowest BCUT2D eigenvalue weighted by atomic mass is 9.94. The zero-order chi connectivity index (χ0) is 43.1. The first-order chi connectivity index (χ1) is 31.7. The van der Waals surface area contributed by atoms with Crippen molar-refractivity contribution < 1.29 is 0 Å². The summed E-state index contributed by atoms with van der Waals surface area (Å²) in [5.41, 5.74) is 17.8. The van der Waals surface area contributed by atoms with Gasteiger partial charge in [-0.05, 0) is 103 Å². The van der Waals surface area contributed by atoms with Crippen molar-refractivity contribution >= 4 is 65.2 Å². The van der Waals surface area contributed by atoms with Crippen LogP contribution in [0.5, 0.6) is 0 Å². The van der Waals surface area contributed by atoms with Gasteiger partial charge in [0.15, 0.2) is 0 Å². The first kappa shape index (κ1) is 39.1. The normalized spacial score (nSPS) is 12.0. The maximum absolute atomic E-state index is 5.69. The van der Waals surface area contributed by atoms with E-state index in [2.05, 4.69) is 233 Å². The summed E-state index contributed by atoms with van der Waals surface area (Å²) in [5, 5.41) is 10.1. The Morgan fingerprint density at radius 3 is 1.62 bits per heavy atom. The zero-order valence-electron chi connectivity index (χ0n) is 36.0. The quantitative estimate of drug-likeness (QED) is 0.130. The minimum absolute atomic E-state index is 0.594. The van der Waals surface area contributed by atoms with Crippen molar-refractivity contribution in [2.24, 2.45) is 5.84 Å². The predicted octanol–water partition coefficient (Wildman–Crippen LogP) is 15.0. The summed E-state index contributed by atoms with van der Waals surface area (Å²) in [5.74, 6) is 6.28. The number of benzene rings is 10. The third kappa shape index (κ3) is 6.55. The van der Waals surface area contributed by atoms with Crippen molar-refractivity contribution in [3.8, 4) is 22.5 Å². The third-order valence-corrected chi connectivity index (χ3v) is 12.8. The number of nitrogens with two attached hydrogens (primary N) is 1. The molecule has 64 heavy (non-hydrogen) atoms. The molecule has 1 aliphatic rings. The van der Waals surface area contributed by atoms with E-state index in [1.165, 1.54) is 93.0 Å². The van der Waals surface area contributed by atoms with Crippen LogP contribution >= 0.6 is 0 Å². The molecule has 3 N–H and O–H groups in total. The largest absolute Gasteiger partial charge is 0.309 e.